The minimum atomic E-state index is -3.62. The molecule has 172 valence electrons. The fourth-order valence-electron chi connectivity index (χ4n) is 2.89. The molecule has 33 heavy (non-hydrogen) atoms. The Balaban J connectivity index is 1.65. The van der Waals surface area contributed by atoms with E-state index in [-0.39, 0.29) is 17.3 Å². The van der Waals surface area contributed by atoms with Gasteiger partial charge in [-0.15, -0.1) is 0 Å². The van der Waals surface area contributed by atoms with Gasteiger partial charge >= 0.3 is 0 Å². The number of para-hydroxylation sites is 1. The molecule has 0 aromatic heterocycles. The molecule has 2 amide bonds. The van der Waals surface area contributed by atoms with Gasteiger partial charge in [-0.2, -0.15) is 0 Å². The average molecular weight is 487 g/mol. The van der Waals surface area contributed by atoms with E-state index >= 15 is 0 Å². The van der Waals surface area contributed by atoms with E-state index < -0.39 is 15.9 Å². The molecular weight excluding hydrogens is 464 g/mol. The van der Waals surface area contributed by atoms with Crippen molar-refractivity contribution in [2.45, 2.75) is 4.90 Å². The van der Waals surface area contributed by atoms with Gasteiger partial charge in [0.1, 0.15) is 0 Å². The Labute approximate surface area is 197 Å². The van der Waals surface area contributed by atoms with Gasteiger partial charge in [-0.3, -0.25) is 9.59 Å². The Bertz CT molecular complexity index is 1260. The first kappa shape index (κ1) is 24.2. The number of anilines is 3. The van der Waals surface area contributed by atoms with Gasteiger partial charge in [-0.1, -0.05) is 29.8 Å². The molecule has 0 saturated carbocycles. The van der Waals surface area contributed by atoms with Gasteiger partial charge in [-0.05, 0) is 54.6 Å². The highest BCUT2D eigenvalue weighted by molar-refractivity contribution is 7.89. The molecule has 0 spiro atoms. The highest BCUT2D eigenvalue weighted by atomic mass is 35.5. The number of carbonyl (C=O) groups excluding carboxylic acids is 2. The van der Waals surface area contributed by atoms with Crippen molar-refractivity contribution in [3.63, 3.8) is 0 Å². The largest absolute Gasteiger partial charge is 0.376 e. The number of carbonyl (C=O) groups is 2. The van der Waals surface area contributed by atoms with Crippen molar-refractivity contribution in [1.82, 2.24) is 4.31 Å². The molecule has 0 fully saturated rings. The summed E-state index contributed by atoms with van der Waals surface area (Å²) in [5.41, 5.74) is 1.77. The molecule has 0 aliphatic heterocycles. The average Bonchev–Trinajstić information content (AvgIpc) is 2.79. The van der Waals surface area contributed by atoms with Gasteiger partial charge in [0, 0.05) is 36.2 Å². The molecule has 8 nitrogen and oxygen atoms in total. The van der Waals surface area contributed by atoms with Crippen LogP contribution in [0.1, 0.15) is 10.4 Å². The SMILES string of the molecule is CN(C)S(=O)(=O)c1cccc(NC(=O)CNc2ccccc2C(=O)Nc2ccc(Cl)cc2)c1. The van der Waals surface area contributed by atoms with Gasteiger partial charge < -0.3 is 16.0 Å². The van der Waals surface area contributed by atoms with Crippen LogP contribution in [-0.2, 0) is 14.8 Å². The van der Waals surface area contributed by atoms with Crippen LogP contribution in [0.25, 0.3) is 0 Å². The standard InChI is InChI=1S/C23H23ClN4O4S/c1-28(2)33(31,32)19-7-5-6-18(14-19)26-22(29)15-25-21-9-4-3-8-20(21)23(30)27-17-12-10-16(24)11-13-17/h3-14,25H,15H2,1-2H3,(H,26,29)(H,27,30). The van der Waals surface area contributed by atoms with E-state index in [2.05, 4.69) is 16.0 Å². The summed E-state index contributed by atoms with van der Waals surface area (Å²) in [7, 11) is -0.748. The van der Waals surface area contributed by atoms with Crippen molar-refractivity contribution in [1.29, 1.82) is 0 Å². The Morgan fingerprint density at radius 3 is 2.27 bits per heavy atom. The molecule has 0 aliphatic rings. The van der Waals surface area contributed by atoms with Gasteiger partial charge in [0.05, 0.1) is 17.0 Å². The van der Waals surface area contributed by atoms with Crippen LogP contribution in [0.5, 0.6) is 0 Å². The summed E-state index contributed by atoms with van der Waals surface area (Å²) in [5, 5.41) is 8.96. The van der Waals surface area contributed by atoms with E-state index in [0.29, 0.717) is 27.6 Å². The van der Waals surface area contributed by atoms with E-state index in [1.165, 1.54) is 26.2 Å². The molecule has 0 saturated heterocycles. The number of nitrogens with zero attached hydrogens (tertiary/aromatic N) is 1. The third kappa shape index (κ3) is 6.32. The lowest BCUT2D eigenvalue weighted by atomic mass is 10.1. The predicted molar refractivity (Wildman–Crippen MR) is 130 cm³/mol. The number of sulfonamides is 1. The maximum Gasteiger partial charge on any atom is 0.257 e. The fraction of sp³-hybridized carbons (Fsp3) is 0.130. The van der Waals surface area contributed by atoms with E-state index in [0.717, 1.165) is 4.31 Å². The number of hydrogen-bond acceptors (Lipinski definition) is 5. The van der Waals surface area contributed by atoms with Crippen molar-refractivity contribution in [3.8, 4) is 0 Å². The second-order valence-corrected chi connectivity index (χ2v) is 9.81. The van der Waals surface area contributed by atoms with Gasteiger partial charge in [-0.25, -0.2) is 12.7 Å². The highest BCUT2D eigenvalue weighted by Gasteiger charge is 2.18. The summed E-state index contributed by atoms with van der Waals surface area (Å²) in [6.45, 7) is -0.129. The van der Waals surface area contributed by atoms with Gasteiger partial charge in [0.15, 0.2) is 0 Å². The van der Waals surface area contributed by atoms with Crippen LogP contribution >= 0.6 is 11.6 Å². The molecule has 3 aromatic rings. The zero-order chi connectivity index (χ0) is 24.0. The Kier molecular flexibility index (Phi) is 7.70. The lowest BCUT2D eigenvalue weighted by molar-refractivity contribution is -0.114. The van der Waals surface area contributed by atoms with Crippen molar-refractivity contribution in [3.05, 3.63) is 83.4 Å². The maximum absolute atomic E-state index is 12.7. The fourth-order valence-corrected chi connectivity index (χ4v) is 3.97. The summed E-state index contributed by atoms with van der Waals surface area (Å²) in [6, 6.07) is 19.5. The van der Waals surface area contributed by atoms with Crippen LogP contribution in [-0.4, -0.2) is 45.2 Å². The Morgan fingerprint density at radius 1 is 0.879 bits per heavy atom. The third-order valence-electron chi connectivity index (χ3n) is 4.61. The minimum Gasteiger partial charge on any atom is -0.376 e. The quantitative estimate of drug-likeness (QED) is 0.447. The monoisotopic (exact) mass is 486 g/mol. The number of benzene rings is 3. The molecule has 3 N–H and O–H groups in total. The molecule has 0 atom stereocenters. The van der Waals surface area contributed by atoms with Crippen molar-refractivity contribution in [2.24, 2.45) is 0 Å². The first-order chi connectivity index (χ1) is 15.7. The van der Waals surface area contributed by atoms with Crippen molar-refractivity contribution < 1.29 is 18.0 Å². The summed E-state index contributed by atoms with van der Waals surface area (Å²) >= 11 is 5.87. The summed E-state index contributed by atoms with van der Waals surface area (Å²) in [5.74, 6) is -0.746. The second-order valence-electron chi connectivity index (χ2n) is 7.22. The predicted octanol–water partition coefficient (Wildman–Crippen LogP) is 3.89. The van der Waals surface area contributed by atoms with Crippen LogP contribution in [0.2, 0.25) is 5.02 Å². The number of halogens is 1. The summed E-state index contributed by atoms with van der Waals surface area (Å²) < 4.78 is 25.7. The first-order valence-electron chi connectivity index (χ1n) is 9.89. The van der Waals surface area contributed by atoms with E-state index in [4.69, 9.17) is 11.6 Å². The van der Waals surface area contributed by atoms with Crippen LogP contribution in [0.3, 0.4) is 0 Å². The normalized spacial score (nSPS) is 11.2. The van der Waals surface area contributed by atoms with Crippen LogP contribution in [0.4, 0.5) is 17.1 Å². The van der Waals surface area contributed by atoms with Crippen molar-refractivity contribution >= 4 is 50.5 Å². The van der Waals surface area contributed by atoms with Gasteiger partial charge in [0.2, 0.25) is 15.9 Å². The van der Waals surface area contributed by atoms with Crippen LogP contribution in [0, 0.1) is 0 Å². The molecule has 0 heterocycles. The number of amides is 2. The zero-order valence-corrected chi connectivity index (χ0v) is 19.6. The lowest BCUT2D eigenvalue weighted by Crippen LogP contribution is -2.24. The minimum absolute atomic E-state index is 0.0717. The zero-order valence-electron chi connectivity index (χ0n) is 18.0. The van der Waals surface area contributed by atoms with Crippen LogP contribution in [0.15, 0.2) is 77.7 Å². The Hall–Kier alpha value is -3.40. The van der Waals surface area contributed by atoms with Gasteiger partial charge in [0.25, 0.3) is 5.91 Å². The summed E-state index contributed by atoms with van der Waals surface area (Å²) in [4.78, 5) is 25.2. The number of rotatable bonds is 8. The second kappa shape index (κ2) is 10.5. The molecule has 3 rings (SSSR count). The smallest absolute Gasteiger partial charge is 0.257 e. The number of nitrogens with one attached hydrogen (secondary N) is 3. The molecule has 10 heteroatoms. The summed E-state index contributed by atoms with van der Waals surface area (Å²) in [6.07, 6.45) is 0. The van der Waals surface area contributed by atoms with E-state index in [9.17, 15) is 18.0 Å². The topological polar surface area (TPSA) is 108 Å². The Morgan fingerprint density at radius 2 is 1.58 bits per heavy atom. The third-order valence-corrected chi connectivity index (χ3v) is 6.67. The molecule has 0 aliphatic carbocycles. The highest BCUT2D eigenvalue weighted by Crippen LogP contribution is 2.20. The van der Waals surface area contributed by atoms with E-state index in [1.54, 1.807) is 60.7 Å². The van der Waals surface area contributed by atoms with Crippen molar-refractivity contribution in [2.75, 3.05) is 36.6 Å². The molecule has 0 unspecified atom stereocenters. The molecule has 0 bridgehead atoms. The molecule has 0 radical (unpaired) electrons. The van der Waals surface area contributed by atoms with E-state index in [1.807, 2.05) is 0 Å². The maximum atomic E-state index is 12.7. The number of hydrogen-bond donors (Lipinski definition) is 3. The molecular formula is C23H23ClN4O4S. The molecule has 3 aromatic carbocycles. The first-order valence-corrected chi connectivity index (χ1v) is 11.7. The lowest BCUT2D eigenvalue weighted by Gasteiger charge is -2.14. The van der Waals surface area contributed by atoms with Crippen LogP contribution < -0.4 is 16.0 Å².